The van der Waals surface area contributed by atoms with E-state index in [-0.39, 0.29) is 5.75 Å². The number of hydrogen-bond acceptors (Lipinski definition) is 3. The van der Waals surface area contributed by atoms with Crippen LogP contribution in [0.4, 0.5) is 10.5 Å². The molecular weight excluding hydrogens is 276 g/mol. The number of amides is 1. The molecule has 4 nitrogen and oxygen atoms in total. The number of nitrogens with zero attached hydrogens (tertiary/aromatic N) is 1. The van der Waals surface area contributed by atoms with E-state index in [1.807, 2.05) is 39.8 Å². The zero-order valence-corrected chi connectivity index (χ0v) is 13.5. The van der Waals surface area contributed by atoms with Gasteiger partial charge in [-0.3, -0.25) is 5.32 Å². The first-order valence-corrected chi connectivity index (χ1v) is 7.32. The number of nitriles is 1. The van der Waals surface area contributed by atoms with Gasteiger partial charge in [0.1, 0.15) is 6.07 Å². The van der Waals surface area contributed by atoms with Gasteiger partial charge in [-0.05, 0) is 24.3 Å². The maximum Gasteiger partial charge on any atom is 0.417 e. The van der Waals surface area contributed by atoms with Gasteiger partial charge in [-0.1, -0.05) is 58.0 Å². The van der Waals surface area contributed by atoms with Gasteiger partial charge in [0, 0.05) is 5.69 Å². The first kappa shape index (κ1) is 19.2. The predicted octanol–water partition coefficient (Wildman–Crippen LogP) is 5.22. The molecule has 2 rings (SSSR count). The number of anilines is 1. The summed E-state index contributed by atoms with van der Waals surface area (Å²) in [6.45, 7) is 8.00. The molecular formula is C18H22N2O2. The van der Waals surface area contributed by atoms with E-state index in [4.69, 9.17) is 10.00 Å². The highest BCUT2D eigenvalue weighted by Gasteiger charge is 2.08. The third kappa shape index (κ3) is 6.58. The van der Waals surface area contributed by atoms with Gasteiger partial charge >= 0.3 is 6.09 Å². The number of ether oxygens (including phenoxy) is 1. The lowest BCUT2D eigenvalue weighted by Gasteiger charge is -2.07. The van der Waals surface area contributed by atoms with Crippen LogP contribution < -0.4 is 10.1 Å². The second-order valence-corrected chi connectivity index (χ2v) is 3.49. The molecule has 0 saturated heterocycles. The fraction of sp³-hybridized carbons (Fsp3) is 0.222. The average molecular weight is 298 g/mol. The third-order valence-electron chi connectivity index (χ3n) is 2.23. The van der Waals surface area contributed by atoms with Crippen LogP contribution in [-0.4, -0.2) is 6.09 Å². The van der Waals surface area contributed by atoms with E-state index < -0.39 is 6.09 Å². The minimum atomic E-state index is -0.621. The Bertz CT molecular complexity index is 590. The van der Waals surface area contributed by atoms with E-state index >= 15 is 0 Å². The summed E-state index contributed by atoms with van der Waals surface area (Å²) < 4.78 is 5.07. The lowest BCUT2D eigenvalue weighted by atomic mass is 10.2. The van der Waals surface area contributed by atoms with Crippen molar-refractivity contribution in [2.24, 2.45) is 0 Å². The number of rotatable bonds is 2. The standard InChI is InChI=1S/C14H10N2O2.2C2H6/c15-10-11-6-4-5-9-13(11)18-14(17)16-12-7-2-1-3-8-12;2*1-2/h1-9H,(H,16,17);2*1-2H3. The van der Waals surface area contributed by atoms with Gasteiger partial charge in [-0.15, -0.1) is 0 Å². The van der Waals surface area contributed by atoms with E-state index in [0.29, 0.717) is 11.3 Å². The number of hydrogen-bond donors (Lipinski definition) is 1. The van der Waals surface area contributed by atoms with Crippen molar-refractivity contribution in [3.63, 3.8) is 0 Å². The van der Waals surface area contributed by atoms with E-state index in [1.54, 1.807) is 48.5 Å². The van der Waals surface area contributed by atoms with Crippen LogP contribution >= 0.6 is 0 Å². The van der Waals surface area contributed by atoms with Crippen molar-refractivity contribution in [1.82, 2.24) is 0 Å². The number of benzene rings is 2. The minimum absolute atomic E-state index is 0.244. The molecule has 0 heterocycles. The Morgan fingerprint density at radius 1 is 0.955 bits per heavy atom. The molecule has 2 aromatic rings. The summed E-state index contributed by atoms with van der Waals surface area (Å²) in [6, 6.07) is 17.5. The van der Waals surface area contributed by atoms with Crippen LogP contribution in [0.2, 0.25) is 0 Å². The topological polar surface area (TPSA) is 62.1 Å². The summed E-state index contributed by atoms with van der Waals surface area (Å²) >= 11 is 0. The van der Waals surface area contributed by atoms with Gasteiger partial charge in [-0.2, -0.15) is 5.26 Å². The first-order chi connectivity index (χ1) is 10.8. The Balaban J connectivity index is 0.00000102. The normalized spacial score (nSPS) is 8.14. The highest BCUT2D eigenvalue weighted by Crippen LogP contribution is 2.17. The highest BCUT2D eigenvalue weighted by atomic mass is 16.6. The summed E-state index contributed by atoms with van der Waals surface area (Å²) in [6.07, 6.45) is -0.621. The molecule has 0 aliphatic rings. The number of carbonyl (C=O) groups excluding carboxylic acids is 1. The van der Waals surface area contributed by atoms with Gasteiger partial charge in [0.15, 0.2) is 5.75 Å². The van der Waals surface area contributed by atoms with E-state index in [0.717, 1.165) is 0 Å². The van der Waals surface area contributed by atoms with Gasteiger partial charge < -0.3 is 4.74 Å². The van der Waals surface area contributed by atoms with Gasteiger partial charge in [0.25, 0.3) is 0 Å². The van der Waals surface area contributed by atoms with Crippen molar-refractivity contribution in [3.05, 3.63) is 60.2 Å². The maximum absolute atomic E-state index is 11.6. The Hall–Kier alpha value is -2.80. The van der Waals surface area contributed by atoms with Crippen LogP contribution in [0.5, 0.6) is 5.75 Å². The molecule has 0 fully saturated rings. The summed E-state index contributed by atoms with van der Waals surface area (Å²) in [4.78, 5) is 11.6. The molecule has 0 unspecified atom stereocenters. The van der Waals surface area contributed by atoms with Crippen LogP contribution in [-0.2, 0) is 0 Å². The SMILES string of the molecule is CC.CC.N#Cc1ccccc1OC(=O)Nc1ccccc1. The Kier molecular flexibility index (Phi) is 10.5. The molecule has 0 saturated carbocycles. The van der Waals surface area contributed by atoms with Crippen molar-refractivity contribution in [3.8, 4) is 11.8 Å². The van der Waals surface area contributed by atoms with Crippen molar-refractivity contribution in [2.45, 2.75) is 27.7 Å². The van der Waals surface area contributed by atoms with Crippen molar-refractivity contribution < 1.29 is 9.53 Å². The van der Waals surface area contributed by atoms with E-state index in [1.165, 1.54) is 0 Å². The molecule has 0 aliphatic heterocycles. The molecule has 1 N–H and O–H groups in total. The van der Waals surface area contributed by atoms with Crippen LogP contribution in [0, 0.1) is 11.3 Å². The summed E-state index contributed by atoms with van der Waals surface area (Å²) in [5.41, 5.74) is 0.956. The molecule has 0 atom stereocenters. The second kappa shape index (κ2) is 12.0. The molecule has 1 amide bonds. The smallest absolute Gasteiger partial charge is 0.409 e. The van der Waals surface area contributed by atoms with Crippen LogP contribution in [0.25, 0.3) is 0 Å². The molecule has 0 aliphatic carbocycles. The number of nitrogens with one attached hydrogen (secondary N) is 1. The molecule has 4 heteroatoms. The zero-order chi connectivity index (χ0) is 16.8. The third-order valence-corrected chi connectivity index (χ3v) is 2.23. The molecule has 22 heavy (non-hydrogen) atoms. The Labute approximate surface area is 132 Å². The predicted molar refractivity (Wildman–Crippen MR) is 89.9 cm³/mol. The molecule has 2 aromatic carbocycles. The largest absolute Gasteiger partial charge is 0.417 e. The molecule has 0 radical (unpaired) electrons. The lowest BCUT2D eigenvalue weighted by molar-refractivity contribution is 0.215. The van der Waals surface area contributed by atoms with Crippen molar-refractivity contribution >= 4 is 11.8 Å². The van der Waals surface area contributed by atoms with Crippen LogP contribution in [0.15, 0.2) is 54.6 Å². The quantitative estimate of drug-likeness (QED) is 0.826. The molecule has 116 valence electrons. The maximum atomic E-state index is 11.6. The number of para-hydroxylation sites is 2. The first-order valence-electron chi connectivity index (χ1n) is 7.32. The van der Waals surface area contributed by atoms with Gasteiger partial charge in [0.2, 0.25) is 0 Å². The summed E-state index contributed by atoms with van der Waals surface area (Å²) in [5.74, 6) is 0.244. The summed E-state index contributed by atoms with van der Waals surface area (Å²) in [5, 5.41) is 11.4. The fourth-order valence-corrected chi connectivity index (χ4v) is 1.41. The van der Waals surface area contributed by atoms with E-state index in [2.05, 4.69) is 5.32 Å². The minimum Gasteiger partial charge on any atom is -0.409 e. The fourth-order valence-electron chi connectivity index (χ4n) is 1.41. The molecule has 0 bridgehead atoms. The lowest BCUT2D eigenvalue weighted by Crippen LogP contribution is -2.17. The van der Waals surface area contributed by atoms with Gasteiger partial charge in [-0.25, -0.2) is 4.79 Å². The summed E-state index contributed by atoms with van der Waals surface area (Å²) in [7, 11) is 0. The highest BCUT2D eigenvalue weighted by molar-refractivity contribution is 5.86. The van der Waals surface area contributed by atoms with Gasteiger partial charge in [0.05, 0.1) is 5.56 Å². The number of carbonyl (C=O) groups is 1. The molecule has 0 spiro atoms. The van der Waals surface area contributed by atoms with Crippen molar-refractivity contribution in [2.75, 3.05) is 5.32 Å². The van der Waals surface area contributed by atoms with Crippen LogP contribution in [0.3, 0.4) is 0 Å². The Morgan fingerprint density at radius 3 is 2.09 bits per heavy atom. The zero-order valence-electron chi connectivity index (χ0n) is 13.5. The second-order valence-electron chi connectivity index (χ2n) is 3.49. The van der Waals surface area contributed by atoms with Crippen LogP contribution in [0.1, 0.15) is 33.3 Å². The monoisotopic (exact) mass is 298 g/mol. The average Bonchev–Trinajstić information content (AvgIpc) is 2.60. The van der Waals surface area contributed by atoms with Crippen molar-refractivity contribution in [1.29, 1.82) is 5.26 Å². The molecule has 0 aromatic heterocycles. The van der Waals surface area contributed by atoms with E-state index in [9.17, 15) is 4.79 Å². The Morgan fingerprint density at radius 2 is 1.50 bits per heavy atom.